The van der Waals surface area contributed by atoms with Crippen LogP contribution in [0.4, 0.5) is 11.5 Å². The van der Waals surface area contributed by atoms with E-state index in [2.05, 4.69) is 16.8 Å². The van der Waals surface area contributed by atoms with Crippen molar-refractivity contribution in [3.05, 3.63) is 27.9 Å². The standard InChI is InChI=1S/C12H18N4O2/c1-8-3-12(14-6-11(8)16(17)18)15-7-10(5-13)4-9(15)2/h3,6,9-10H,4-5,7,13H2,1-2H3. The Bertz CT molecular complexity index is 463. The maximum absolute atomic E-state index is 10.8. The highest BCUT2D eigenvalue weighted by atomic mass is 16.6. The van der Waals surface area contributed by atoms with Gasteiger partial charge in [-0.25, -0.2) is 4.98 Å². The van der Waals surface area contributed by atoms with Crippen molar-refractivity contribution in [3.63, 3.8) is 0 Å². The van der Waals surface area contributed by atoms with Gasteiger partial charge in [0.05, 0.1) is 4.92 Å². The van der Waals surface area contributed by atoms with Crippen LogP contribution in [0.1, 0.15) is 18.9 Å². The first-order valence-electron chi connectivity index (χ1n) is 6.10. The first kappa shape index (κ1) is 12.8. The number of anilines is 1. The van der Waals surface area contributed by atoms with Crippen molar-refractivity contribution in [2.75, 3.05) is 18.0 Å². The third kappa shape index (κ3) is 2.28. The lowest BCUT2D eigenvalue weighted by molar-refractivity contribution is -0.385. The molecule has 0 amide bonds. The number of hydrogen-bond donors (Lipinski definition) is 1. The molecule has 2 rings (SSSR count). The number of aromatic nitrogens is 1. The largest absolute Gasteiger partial charge is 0.354 e. The summed E-state index contributed by atoms with van der Waals surface area (Å²) in [5.41, 5.74) is 6.41. The lowest BCUT2D eigenvalue weighted by Gasteiger charge is -2.22. The van der Waals surface area contributed by atoms with Gasteiger partial charge in [0.25, 0.3) is 5.69 Å². The van der Waals surface area contributed by atoms with Crippen molar-refractivity contribution >= 4 is 11.5 Å². The summed E-state index contributed by atoms with van der Waals surface area (Å²) >= 11 is 0. The highest BCUT2D eigenvalue weighted by Gasteiger charge is 2.29. The molecule has 18 heavy (non-hydrogen) atoms. The molecule has 98 valence electrons. The predicted molar refractivity (Wildman–Crippen MR) is 69.6 cm³/mol. The average molecular weight is 250 g/mol. The Morgan fingerprint density at radius 3 is 2.89 bits per heavy atom. The van der Waals surface area contributed by atoms with Crippen LogP contribution in [0.25, 0.3) is 0 Å². The Labute approximate surface area is 106 Å². The fourth-order valence-electron chi connectivity index (χ4n) is 2.51. The van der Waals surface area contributed by atoms with Crippen molar-refractivity contribution in [1.29, 1.82) is 0 Å². The maximum Gasteiger partial charge on any atom is 0.290 e. The van der Waals surface area contributed by atoms with Crippen LogP contribution < -0.4 is 10.6 Å². The van der Waals surface area contributed by atoms with Crippen molar-refractivity contribution in [1.82, 2.24) is 4.98 Å². The van der Waals surface area contributed by atoms with Gasteiger partial charge < -0.3 is 10.6 Å². The lowest BCUT2D eigenvalue weighted by atomic mass is 10.1. The van der Waals surface area contributed by atoms with Crippen LogP contribution in [-0.4, -0.2) is 29.0 Å². The van der Waals surface area contributed by atoms with Gasteiger partial charge in [0.2, 0.25) is 0 Å². The topological polar surface area (TPSA) is 85.3 Å². The summed E-state index contributed by atoms with van der Waals surface area (Å²) in [6, 6.07) is 2.17. The second-order valence-corrected chi connectivity index (χ2v) is 4.92. The van der Waals surface area contributed by atoms with Crippen molar-refractivity contribution < 1.29 is 4.92 Å². The summed E-state index contributed by atoms with van der Waals surface area (Å²) < 4.78 is 0. The molecule has 1 aliphatic heterocycles. The molecule has 1 aromatic heterocycles. The van der Waals surface area contributed by atoms with Gasteiger partial charge in [0.1, 0.15) is 12.0 Å². The molecule has 1 fully saturated rings. The van der Waals surface area contributed by atoms with Gasteiger partial charge in [0.15, 0.2) is 0 Å². The van der Waals surface area contributed by atoms with E-state index in [1.54, 1.807) is 13.0 Å². The summed E-state index contributed by atoms with van der Waals surface area (Å²) in [4.78, 5) is 16.7. The molecule has 0 aromatic carbocycles. The van der Waals surface area contributed by atoms with Crippen molar-refractivity contribution in [2.24, 2.45) is 11.7 Å². The number of hydrogen-bond acceptors (Lipinski definition) is 5. The van der Waals surface area contributed by atoms with E-state index in [1.165, 1.54) is 6.20 Å². The molecule has 6 nitrogen and oxygen atoms in total. The molecule has 0 aliphatic carbocycles. The van der Waals surface area contributed by atoms with Crippen molar-refractivity contribution in [2.45, 2.75) is 26.3 Å². The van der Waals surface area contributed by atoms with Gasteiger partial charge >= 0.3 is 0 Å². The molecule has 1 saturated heterocycles. The highest BCUT2D eigenvalue weighted by molar-refractivity contribution is 5.49. The molecular weight excluding hydrogens is 232 g/mol. The van der Waals surface area contributed by atoms with E-state index in [0.29, 0.717) is 24.1 Å². The van der Waals surface area contributed by atoms with Crippen LogP contribution >= 0.6 is 0 Å². The highest BCUT2D eigenvalue weighted by Crippen LogP contribution is 2.29. The normalized spacial score (nSPS) is 23.4. The number of nitro groups is 1. The SMILES string of the molecule is Cc1cc(N2CC(CN)CC2C)ncc1[N+](=O)[O-]. The zero-order valence-corrected chi connectivity index (χ0v) is 10.7. The minimum Gasteiger partial charge on any atom is -0.354 e. The van der Waals surface area contributed by atoms with Gasteiger partial charge in [-0.05, 0) is 38.8 Å². The summed E-state index contributed by atoms with van der Waals surface area (Å²) in [5.74, 6) is 1.29. The fourth-order valence-corrected chi connectivity index (χ4v) is 2.51. The summed E-state index contributed by atoms with van der Waals surface area (Å²) in [6.07, 6.45) is 2.39. The van der Waals surface area contributed by atoms with Crippen LogP contribution in [0.5, 0.6) is 0 Å². The molecule has 2 heterocycles. The molecule has 0 radical (unpaired) electrons. The van der Waals surface area contributed by atoms with Gasteiger partial charge in [0, 0.05) is 18.2 Å². The number of pyridine rings is 1. The third-order valence-corrected chi connectivity index (χ3v) is 3.55. The van der Waals surface area contributed by atoms with E-state index in [-0.39, 0.29) is 5.69 Å². The molecule has 1 aromatic rings. The van der Waals surface area contributed by atoms with Crippen LogP contribution in [0.2, 0.25) is 0 Å². The average Bonchev–Trinajstić information content (AvgIpc) is 2.70. The van der Waals surface area contributed by atoms with E-state index >= 15 is 0 Å². The van der Waals surface area contributed by atoms with E-state index in [4.69, 9.17) is 5.73 Å². The second-order valence-electron chi connectivity index (χ2n) is 4.92. The third-order valence-electron chi connectivity index (χ3n) is 3.55. The van der Waals surface area contributed by atoms with Gasteiger partial charge in [-0.1, -0.05) is 0 Å². The Morgan fingerprint density at radius 1 is 1.67 bits per heavy atom. The maximum atomic E-state index is 10.8. The molecule has 2 atom stereocenters. The second kappa shape index (κ2) is 4.89. The smallest absolute Gasteiger partial charge is 0.290 e. The van der Waals surface area contributed by atoms with E-state index in [0.717, 1.165) is 18.8 Å². The summed E-state index contributed by atoms with van der Waals surface area (Å²) in [7, 11) is 0. The fraction of sp³-hybridized carbons (Fsp3) is 0.583. The zero-order valence-electron chi connectivity index (χ0n) is 10.7. The van der Waals surface area contributed by atoms with Crippen LogP contribution in [0.3, 0.4) is 0 Å². The monoisotopic (exact) mass is 250 g/mol. The number of nitrogens with zero attached hydrogens (tertiary/aromatic N) is 3. The summed E-state index contributed by atoms with van der Waals surface area (Å²) in [5, 5.41) is 10.8. The molecule has 2 unspecified atom stereocenters. The van der Waals surface area contributed by atoms with Crippen LogP contribution in [0, 0.1) is 23.0 Å². The minimum absolute atomic E-state index is 0.0703. The number of nitrogens with two attached hydrogens (primary N) is 1. The molecule has 2 N–H and O–H groups in total. The van der Waals surface area contributed by atoms with E-state index in [1.807, 2.05) is 0 Å². The number of rotatable bonds is 3. The lowest BCUT2D eigenvalue weighted by Crippen LogP contribution is -2.28. The first-order valence-corrected chi connectivity index (χ1v) is 6.10. The van der Waals surface area contributed by atoms with E-state index in [9.17, 15) is 10.1 Å². The molecule has 6 heteroatoms. The van der Waals surface area contributed by atoms with Gasteiger partial charge in [-0.3, -0.25) is 10.1 Å². The molecule has 1 aliphatic rings. The van der Waals surface area contributed by atoms with Crippen LogP contribution in [0.15, 0.2) is 12.3 Å². The van der Waals surface area contributed by atoms with Crippen LogP contribution in [-0.2, 0) is 0 Å². The Hall–Kier alpha value is -1.69. The van der Waals surface area contributed by atoms with Crippen molar-refractivity contribution in [3.8, 4) is 0 Å². The molecule has 0 bridgehead atoms. The molecular formula is C12H18N4O2. The predicted octanol–water partition coefficient (Wildman–Crippen LogP) is 1.47. The first-order chi connectivity index (χ1) is 8.52. The van der Waals surface area contributed by atoms with Gasteiger partial charge in [-0.2, -0.15) is 0 Å². The minimum atomic E-state index is -0.401. The van der Waals surface area contributed by atoms with Gasteiger partial charge in [-0.15, -0.1) is 0 Å². The Kier molecular flexibility index (Phi) is 3.47. The Morgan fingerprint density at radius 2 is 2.39 bits per heavy atom. The zero-order chi connectivity index (χ0) is 13.3. The molecule has 0 spiro atoms. The number of aryl methyl sites for hydroxylation is 1. The van der Waals surface area contributed by atoms with E-state index < -0.39 is 4.92 Å². The molecule has 0 saturated carbocycles. The Balaban J connectivity index is 2.24. The quantitative estimate of drug-likeness (QED) is 0.648. The summed E-state index contributed by atoms with van der Waals surface area (Å²) in [6.45, 7) is 5.42.